The van der Waals surface area contributed by atoms with Crippen LogP contribution in [0.1, 0.15) is 39.5 Å². The fourth-order valence-electron chi connectivity index (χ4n) is 3.39. The van der Waals surface area contributed by atoms with Crippen LogP contribution in [-0.4, -0.2) is 53.2 Å². The first kappa shape index (κ1) is 14.6. The molecule has 0 saturated carbocycles. The molecule has 1 atom stereocenters. The molecule has 0 aliphatic carbocycles. The van der Waals surface area contributed by atoms with Crippen LogP contribution < -0.4 is 9.64 Å². The molecule has 0 spiro atoms. The van der Waals surface area contributed by atoms with Gasteiger partial charge in [0.05, 0.1) is 6.10 Å². The molecule has 1 unspecified atom stereocenters. The van der Waals surface area contributed by atoms with Crippen molar-refractivity contribution < 1.29 is 4.74 Å². The van der Waals surface area contributed by atoms with Crippen molar-refractivity contribution in [3.8, 4) is 5.88 Å². The van der Waals surface area contributed by atoms with E-state index in [4.69, 9.17) is 4.74 Å². The predicted octanol–water partition coefficient (Wildman–Crippen LogP) is 2.33. The quantitative estimate of drug-likeness (QED) is 0.851. The lowest BCUT2D eigenvalue weighted by atomic mass is 10.0. The average Bonchev–Trinajstić information content (AvgIpc) is 3.02. The third-order valence-corrected chi connectivity index (χ3v) is 4.35. The van der Waals surface area contributed by atoms with Gasteiger partial charge in [0, 0.05) is 31.5 Å². The molecule has 2 fully saturated rings. The van der Waals surface area contributed by atoms with Crippen LogP contribution in [0.3, 0.4) is 0 Å². The lowest BCUT2D eigenvalue weighted by molar-refractivity contribution is 0.210. The molecule has 0 aromatic carbocycles. The average molecular weight is 290 g/mol. The second kappa shape index (κ2) is 6.60. The van der Waals surface area contributed by atoms with Gasteiger partial charge in [0.25, 0.3) is 5.88 Å². The van der Waals surface area contributed by atoms with E-state index >= 15 is 0 Å². The molecule has 3 rings (SSSR count). The Morgan fingerprint density at radius 3 is 2.62 bits per heavy atom. The van der Waals surface area contributed by atoms with Gasteiger partial charge >= 0.3 is 0 Å². The van der Waals surface area contributed by atoms with Crippen LogP contribution in [0, 0.1) is 0 Å². The Hall–Kier alpha value is -1.36. The largest absolute Gasteiger partial charge is 0.472 e. The van der Waals surface area contributed by atoms with Crippen molar-refractivity contribution in [3.05, 3.63) is 12.4 Å². The van der Waals surface area contributed by atoms with Crippen LogP contribution in [0.5, 0.6) is 5.88 Å². The molecule has 3 heterocycles. The zero-order valence-electron chi connectivity index (χ0n) is 13.2. The van der Waals surface area contributed by atoms with Gasteiger partial charge in [-0.3, -0.25) is 4.90 Å². The Balaban J connectivity index is 1.73. The maximum Gasteiger partial charge on any atom is 0.257 e. The summed E-state index contributed by atoms with van der Waals surface area (Å²) in [7, 11) is 0. The van der Waals surface area contributed by atoms with Crippen LogP contribution in [0.4, 0.5) is 5.82 Å². The number of piperidine rings is 1. The molecular formula is C16H26N4O. The topological polar surface area (TPSA) is 41.5 Å². The van der Waals surface area contributed by atoms with E-state index in [1.807, 2.05) is 13.8 Å². The molecule has 0 bridgehead atoms. The summed E-state index contributed by atoms with van der Waals surface area (Å²) in [5, 5.41) is 0. The molecule has 116 valence electrons. The maximum atomic E-state index is 5.83. The number of likely N-dealkylation sites (tertiary alicyclic amines) is 1. The lowest BCUT2D eigenvalue weighted by Crippen LogP contribution is -2.47. The van der Waals surface area contributed by atoms with E-state index in [0.29, 0.717) is 11.9 Å². The second-order valence-corrected chi connectivity index (χ2v) is 6.34. The Kier molecular flexibility index (Phi) is 4.58. The van der Waals surface area contributed by atoms with Crippen LogP contribution in [-0.2, 0) is 0 Å². The van der Waals surface area contributed by atoms with Crippen LogP contribution in [0.15, 0.2) is 12.4 Å². The third kappa shape index (κ3) is 3.46. The van der Waals surface area contributed by atoms with Crippen molar-refractivity contribution in [2.45, 2.75) is 51.7 Å². The Morgan fingerprint density at radius 1 is 1.10 bits per heavy atom. The van der Waals surface area contributed by atoms with E-state index in [2.05, 4.69) is 19.8 Å². The van der Waals surface area contributed by atoms with Crippen LogP contribution in [0.25, 0.3) is 0 Å². The van der Waals surface area contributed by atoms with Gasteiger partial charge in [0.2, 0.25) is 0 Å². The molecule has 1 aromatic heterocycles. The number of hydrogen-bond donors (Lipinski definition) is 0. The zero-order chi connectivity index (χ0) is 14.7. The first-order valence-corrected chi connectivity index (χ1v) is 8.20. The fourth-order valence-corrected chi connectivity index (χ4v) is 3.39. The minimum absolute atomic E-state index is 0.125. The monoisotopic (exact) mass is 290 g/mol. The van der Waals surface area contributed by atoms with E-state index in [-0.39, 0.29) is 6.10 Å². The van der Waals surface area contributed by atoms with Gasteiger partial charge < -0.3 is 9.64 Å². The summed E-state index contributed by atoms with van der Waals surface area (Å²) < 4.78 is 5.83. The summed E-state index contributed by atoms with van der Waals surface area (Å²) in [6, 6.07) is 0.662. The number of nitrogens with zero attached hydrogens (tertiary/aromatic N) is 4. The Bertz CT molecular complexity index is 459. The van der Waals surface area contributed by atoms with Crippen molar-refractivity contribution in [2.24, 2.45) is 0 Å². The van der Waals surface area contributed by atoms with E-state index in [9.17, 15) is 0 Å². The van der Waals surface area contributed by atoms with Crippen molar-refractivity contribution in [2.75, 3.05) is 31.1 Å². The molecule has 2 aliphatic rings. The smallest absolute Gasteiger partial charge is 0.257 e. The molecule has 2 aliphatic heterocycles. The molecule has 0 amide bonds. The minimum Gasteiger partial charge on any atom is -0.472 e. The summed E-state index contributed by atoms with van der Waals surface area (Å²) in [6.07, 6.45) is 8.83. The highest BCUT2D eigenvalue weighted by atomic mass is 16.5. The summed E-state index contributed by atoms with van der Waals surface area (Å²) in [4.78, 5) is 13.9. The number of aromatic nitrogens is 2. The molecule has 2 saturated heterocycles. The maximum absolute atomic E-state index is 5.83. The second-order valence-electron chi connectivity index (χ2n) is 6.34. The molecule has 0 N–H and O–H groups in total. The highest BCUT2D eigenvalue weighted by Gasteiger charge is 2.29. The van der Waals surface area contributed by atoms with Gasteiger partial charge in [0.1, 0.15) is 0 Å². The standard InChI is InChI=1S/C16H26N4O/c1-13(2)21-16-15(17-7-8-18-16)20-11-5-6-14(12-20)19-9-3-4-10-19/h7-8,13-14H,3-6,9-12H2,1-2H3. The van der Waals surface area contributed by atoms with Gasteiger partial charge in [-0.2, -0.15) is 0 Å². The van der Waals surface area contributed by atoms with Gasteiger partial charge in [-0.15, -0.1) is 0 Å². The van der Waals surface area contributed by atoms with Crippen LogP contribution >= 0.6 is 0 Å². The number of hydrogen-bond acceptors (Lipinski definition) is 5. The van der Waals surface area contributed by atoms with E-state index < -0.39 is 0 Å². The third-order valence-electron chi connectivity index (χ3n) is 4.35. The van der Waals surface area contributed by atoms with Gasteiger partial charge in [0.15, 0.2) is 5.82 Å². The zero-order valence-corrected chi connectivity index (χ0v) is 13.2. The first-order chi connectivity index (χ1) is 10.2. The van der Waals surface area contributed by atoms with Crippen molar-refractivity contribution >= 4 is 5.82 Å². The Morgan fingerprint density at radius 2 is 1.86 bits per heavy atom. The molecule has 5 nitrogen and oxygen atoms in total. The molecular weight excluding hydrogens is 264 g/mol. The normalized spacial score (nSPS) is 23.8. The highest BCUT2D eigenvalue weighted by molar-refractivity contribution is 5.48. The predicted molar refractivity (Wildman–Crippen MR) is 83.8 cm³/mol. The summed E-state index contributed by atoms with van der Waals surface area (Å²) in [5.41, 5.74) is 0. The fraction of sp³-hybridized carbons (Fsp3) is 0.750. The summed E-state index contributed by atoms with van der Waals surface area (Å²) in [5.74, 6) is 1.59. The van der Waals surface area contributed by atoms with E-state index in [0.717, 1.165) is 18.9 Å². The number of anilines is 1. The van der Waals surface area contributed by atoms with Gasteiger partial charge in [-0.1, -0.05) is 0 Å². The molecule has 1 aromatic rings. The van der Waals surface area contributed by atoms with Crippen molar-refractivity contribution in [3.63, 3.8) is 0 Å². The molecule has 5 heteroatoms. The minimum atomic E-state index is 0.125. The number of ether oxygens (including phenoxy) is 1. The summed E-state index contributed by atoms with van der Waals surface area (Å²) in [6.45, 7) is 8.68. The Labute approximate surface area is 127 Å². The molecule has 21 heavy (non-hydrogen) atoms. The SMILES string of the molecule is CC(C)Oc1nccnc1N1CCCC(N2CCCC2)C1. The molecule has 0 radical (unpaired) electrons. The van der Waals surface area contributed by atoms with Crippen LogP contribution in [0.2, 0.25) is 0 Å². The van der Waals surface area contributed by atoms with Gasteiger partial charge in [-0.25, -0.2) is 9.97 Å². The number of rotatable bonds is 4. The first-order valence-electron chi connectivity index (χ1n) is 8.20. The highest BCUT2D eigenvalue weighted by Crippen LogP contribution is 2.28. The van der Waals surface area contributed by atoms with E-state index in [1.54, 1.807) is 12.4 Å². The lowest BCUT2D eigenvalue weighted by Gasteiger charge is -2.38. The van der Waals surface area contributed by atoms with Crippen molar-refractivity contribution in [1.82, 2.24) is 14.9 Å². The van der Waals surface area contributed by atoms with E-state index in [1.165, 1.54) is 38.8 Å². The van der Waals surface area contributed by atoms with Crippen molar-refractivity contribution in [1.29, 1.82) is 0 Å². The summed E-state index contributed by atoms with van der Waals surface area (Å²) >= 11 is 0. The van der Waals surface area contributed by atoms with Gasteiger partial charge in [-0.05, 0) is 52.6 Å².